The molecule has 0 spiro atoms. The fraction of sp³-hybridized carbons (Fsp3) is 1.00. The Morgan fingerprint density at radius 1 is 1.44 bits per heavy atom. The predicted molar refractivity (Wildman–Crippen MR) is 63.2 cm³/mol. The summed E-state index contributed by atoms with van der Waals surface area (Å²) in [6, 6.07) is 0. The van der Waals surface area contributed by atoms with E-state index in [-0.39, 0.29) is 6.10 Å². The van der Waals surface area contributed by atoms with E-state index in [4.69, 9.17) is 9.47 Å². The second-order valence-corrected chi connectivity index (χ2v) is 5.32. The molecule has 96 valence electrons. The van der Waals surface area contributed by atoms with Crippen molar-refractivity contribution in [2.75, 3.05) is 19.7 Å². The molecule has 2 atom stereocenters. The molecule has 0 bridgehead atoms. The maximum Gasteiger partial charge on any atom is 0.163 e. The first-order chi connectivity index (χ1) is 7.41. The third-order valence-corrected chi connectivity index (χ3v) is 2.71. The maximum absolute atomic E-state index is 9.88. The molecule has 1 aliphatic heterocycles. The van der Waals surface area contributed by atoms with Crippen LogP contribution in [0, 0.1) is 5.92 Å². The van der Waals surface area contributed by atoms with E-state index in [1.807, 2.05) is 13.8 Å². The van der Waals surface area contributed by atoms with Crippen molar-refractivity contribution in [3.05, 3.63) is 0 Å². The second kappa shape index (κ2) is 5.96. The molecule has 2 unspecified atom stereocenters. The summed E-state index contributed by atoms with van der Waals surface area (Å²) in [6.45, 7) is 10.1. The topological polar surface area (TPSA) is 50.7 Å². The van der Waals surface area contributed by atoms with Crippen LogP contribution in [0.5, 0.6) is 0 Å². The predicted octanol–water partition coefficient (Wildman–Crippen LogP) is 1.13. The third kappa shape index (κ3) is 4.78. The number of rotatable bonds is 6. The van der Waals surface area contributed by atoms with Gasteiger partial charge in [0.2, 0.25) is 0 Å². The summed E-state index contributed by atoms with van der Waals surface area (Å²) in [5.41, 5.74) is 0. The summed E-state index contributed by atoms with van der Waals surface area (Å²) >= 11 is 0. The summed E-state index contributed by atoms with van der Waals surface area (Å²) in [6.07, 6.45) is 0.427. The first-order valence-electron chi connectivity index (χ1n) is 6.11. The van der Waals surface area contributed by atoms with Crippen molar-refractivity contribution >= 4 is 0 Å². The van der Waals surface area contributed by atoms with E-state index >= 15 is 0 Å². The minimum absolute atomic E-state index is 0.207. The highest BCUT2D eigenvalue weighted by atomic mass is 16.7. The lowest BCUT2D eigenvalue weighted by atomic mass is 10.1. The van der Waals surface area contributed by atoms with E-state index in [1.54, 1.807) is 0 Å². The smallest absolute Gasteiger partial charge is 0.163 e. The Bertz CT molecular complexity index is 206. The zero-order valence-corrected chi connectivity index (χ0v) is 10.8. The maximum atomic E-state index is 9.88. The number of hydrogen-bond acceptors (Lipinski definition) is 4. The van der Waals surface area contributed by atoms with E-state index in [9.17, 15) is 5.11 Å². The van der Waals surface area contributed by atoms with Crippen molar-refractivity contribution in [3.8, 4) is 0 Å². The fourth-order valence-electron chi connectivity index (χ4n) is 1.68. The average molecular weight is 231 g/mol. The van der Waals surface area contributed by atoms with Gasteiger partial charge in [-0.3, -0.25) is 0 Å². The molecule has 0 aromatic carbocycles. The highest BCUT2D eigenvalue weighted by molar-refractivity contribution is 4.78. The van der Waals surface area contributed by atoms with Gasteiger partial charge in [0.05, 0.1) is 12.7 Å². The van der Waals surface area contributed by atoms with Gasteiger partial charge in [-0.15, -0.1) is 0 Å². The molecule has 0 radical (unpaired) electrons. The molecule has 0 aliphatic carbocycles. The number of hydrogen-bond donors (Lipinski definition) is 2. The fourth-order valence-corrected chi connectivity index (χ4v) is 1.68. The Morgan fingerprint density at radius 3 is 2.62 bits per heavy atom. The van der Waals surface area contributed by atoms with Crippen molar-refractivity contribution in [2.45, 2.75) is 52.1 Å². The van der Waals surface area contributed by atoms with Gasteiger partial charge in [-0.1, -0.05) is 13.8 Å². The van der Waals surface area contributed by atoms with Gasteiger partial charge in [-0.2, -0.15) is 0 Å². The molecule has 1 rings (SSSR count). The van der Waals surface area contributed by atoms with Crippen molar-refractivity contribution in [1.29, 1.82) is 0 Å². The molecule has 0 amide bonds. The summed E-state index contributed by atoms with van der Waals surface area (Å²) in [5.74, 6) is 0.137. The quantitative estimate of drug-likeness (QED) is 0.673. The van der Waals surface area contributed by atoms with Crippen molar-refractivity contribution in [2.24, 2.45) is 5.92 Å². The van der Waals surface area contributed by atoms with Crippen molar-refractivity contribution in [3.63, 3.8) is 0 Å². The molecule has 2 N–H and O–H groups in total. The first kappa shape index (κ1) is 13.9. The highest BCUT2D eigenvalue weighted by Crippen LogP contribution is 2.23. The number of nitrogens with one attached hydrogen (secondary N) is 1. The van der Waals surface area contributed by atoms with Crippen LogP contribution in [-0.2, 0) is 9.47 Å². The Labute approximate surface area is 98.3 Å². The molecular weight excluding hydrogens is 206 g/mol. The standard InChI is InChI=1S/C12H25NO3/c1-9(2)5-6-13-7-10(14)11-8-15-12(3,4)16-11/h9-11,13-14H,5-8H2,1-4H3. The molecule has 4 nitrogen and oxygen atoms in total. The van der Waals surface area contributed by atoms with Gasteiger partial charge >= 0.3 is 0 Å². The number of aliphatic hydroxyl groups is 1. The monoisotopic (exact) mass is 231 g/mol. The number of ether oxygens (including phenoxy) is 2. The Morgan fingerprint density at radius 2 is 2.12 bits per heavy atom. The average Bonchev–Trinajstić information content (AvgIpc) is 2.53. The Balaban J connectivity index is 2.14. The summed E-state index contributed by atoms with van der Waals surface area (Å²) in [5, 5.41) is 13.1. The van der Waals surface area contributed by atoms with Crippen LogP contribution in [0.25, 0.3) is 0 Å². The minimum Gasteiger partial charge on any atom is -0.389 e. The van der Waals surface area contributed by atoms with Crippen LogP contribution in [0.15, 0.2) is 0 Å². The summed E-state index contributed by atoms with van der Waals surface area (Å²) in [7, 11) is 0. The van der Waals surface area contributed by atoms with Gasteiger partial charge in [0, 0.05) is 6.54 Å². The lowest BCUT2D eigenvalue weighted by molar-refractivity contribution is -0.150. The molecule has 0 saturated carbocycles. The lowest BCUT2D eigenvalue weighted by Gasteiger charge is -2.20. The van der Waals surface area contributed by atoms with E-state index in [1.165, 1.54) is 0 Å². The first-order valence-corrected chi connectivity index (χ1v) is 6.11. The van der Waals surface area contributed by atoms with Gasteiger partial charge in [0.25, 0.3) is 0 Å². The normalized spacial score (nSPS) is 26.2. The van der Waals surface area contributed by atoms with Crippen LogP contribution in [0.3, 0.4) is 0 Å². The summed E-state index contributed by atoms with van der Waals surface area (Å²) in [4.78, 5) is 0. The number of aliphatic hydroxyl groups excluding tert-OH is 1. The second-order valence-electron chi connectivity index (χ2n) is 5.32. The highest BCUT2D eigenvalue weighted by Gasteiger charge is 2.36. The molecule has 0 aromatic rings. The largest absolute Gasteiger partial charge is 0.389 e. The lowest BCUT2D eigenvalue weighted by Crippen LogP contribution is -2.39. The molecule has 1 fully saturated rings. The Kier molecular flexibility index (Phi) is 5.18. The van der Waals surface area contributed by atoms with Crippen LogP contribution in [0.2, 0.25) is 0 Å². The van der Waals surface area contributed by atoms with Crippen molar-refractivity contribution < 1.29 is 14.6 Å². The van der Waals surface area contributed by atoms with Crippen molar-refractivity contribution in [1.82, 2.24) is 5.32 Å². The van der Waals surface area contributed by atoms with Crippen LogP contribution in [0.4, 0.5) is 0 Å². The van der Waals surface area contributed by atoms with Gasteiger partial charge < -0.3 is 19.9 Å². The molecule has 1 heterocycles. The third-order valence-electron chi connectivity index (χ3n) is 2.71. The zero-order chi connectivity index (χ0) is 12.2. The van der Waals surface area contributed by atoms with Crippen LogP contribution < -0.4 is 5.32 Å². The molecule has 4 heteroatoms. The Hall–Kier alpha value is -0.160. The molecular formula is C12H25NO3. The van der Waals surface area contributed by atoms with E-state index in [2.05, 4.69) is 19.2 Å². The van der Waals surface area contributed by atoms with Gasteiger partial charge in [0.1, 0.15) is 6.10 Å². The SMILES string of the molecule is CC(C)CCNCC(O)C1COC(C)(C)O1. The van der Waals surface area contributed by atoms with Crippen LogP contribution in [0.1, 0.15) is 34.1 Å². The van der Waals surface area contributed by atoms with Gasteiger partial charge in [-0.25, -0.2) is 0 Å². The summed E-state index contributed by atoms with van der Waals surface area (Å²) < 4.78 is 11.0. The minimum atomic E-state index is -0.552. The molecule has 0 aromatic heterocycles. The van der Waals surface area contributed by atoms with E-state index in [0.717, 1.165) is 13.0 Å². The van der Waals surface area contributed by atoms with E-state index < -0.39 is 11.9 Å². The van der Waals surface area contributed by atoms with Crippen LogP contribution >= 0.6 is 0 Å². The van der Waals surface area contributed by atoms with Gasteiger partial charge in [-0.05, 0) is 32.7 Å². The van der Waals surface area contributed by atoms with Crippen LogP contribution in [-0.4, -0.2) is 42.8 Å². The molecule has 1 saturated heterocycles. The molecule has 16 heavy (non-hydrogen) atoms. The van der Waals surface area contributed by atoms with Gasteiger partial charge in [0.15, 0.2) is 5.79 Å². The zero-order valence-electron chi connectivity index (χ0n) is 10.8. The molecule has 1 aliphatic rings. The van der Waals surface area contributed by atoms with E-state index in [0.29, 0.717) is 19.1 Å².